The van der Waals surface area contributed by atoms with Crippen molar-refractivity contribution in [1.82, 2.24) is 14.5 Å². The van der Waals surface area contributed by atoms with Crippen LogP contribution in [-0.4, -0.2) is 27.6 Å². The Morgan fingerprint density at radius 2 is 2.09 bits per heavy atom. The highest BCUT2D eigenvalue weighted by Crippen LogP contribution is 2.20. The average molecular weight is 310 g/mol. The number of benzene rings is 1. The maximum Gasteiger partial charge on any atom is 0.259 e. The van der Waals surface area contributed by atoms with Crippen LogP contribution in [0.15, 0.2) is 42.6 Å². The summed E-state index contributed by atoms with van der Waals surface area (Å²) in [6, 6.07) is 11.2. The van der Waals surface area contributed by atoms with E-state index in [1.54, 1.807) is 12.1 Å². The smallest absolute Gasteiger partial charge is 0.259 e. The van der Waals surface area contributed by atoms with E-state index in [2.05, 4.69) is 22.2 Å². The number of carbonyl (C=O) groups is 1. The van der Waals surface area contributed by atoms with Gasteiger partial charge in [0.2, 0.25) is 11.8 Å². The van der Waals surface area contributed by atoms with Crippen molar-refractivity contribution in [2.45, 2.75) is 19.9 Å². The first-order valence-corrected chi connectivity index (χ1v) is 7.49. The SMILES string of the molecule is CCCn1c(NC(=O)c2ccc(OC)nc2)nc2ccccc21. The minimum atomic E-state index is -0.243. The van der Waals surface area contributed by atoms with Gasteiger partial charge in [-0.15, -0.1) is 0 Å². The summed E-state index contributed by atoms with van der Waals surface area (Å²) in [5, 5.41) is 2.87. The number of para-hydroxylation sites is 2. The third-order valence-corrected chi connectivity index (χ3v) is 3.53. The molecule has 0 radical (unpaired) electrons. The number of amides is 1. The standard InChI is InChI=1S/C17H18N4O2/c1-3-10-21-14-7-5-4-6-13(14)19-17(21)20-16(22)12-8-9-15(23-2)18-11-12/h4-9,11H,3,10H2,1-2H3,(H,19,20,22). The van der Waals surface area contributed by atoms with Crippen molar-refractivity contribution >= 4 is 22.9 Å². The molecule has 0 aliphatic heterocycles. The molecule has 0 atom stereocenters. The lowest BCUT2D eigenvalue weighted by molar-refractivity contribution is 0.102. The van der Waals surface area contributed by atoms with Crippen LogP contribution in [0.1, 0.15) is 23.7 Å². The van der Waals surface area contributed by atoms with Crippen LogP contribution in [0.4, 0.5) is 5.95 Å². The third-order valence-electron chi connectivity index (χ3n) is 3.53. The van der Waals surface area contributed by atoms with Gasteiger partial charge in [-0.3, -0.25) is 10.1 Å². The monoisotopic (exact) mass is 310 g/mol. The maximum absolute atomic E-state index is 12.4. The van der Waals surface area contributed by atoms with Crippen molar-refractivity contribution < 1.29 is 9.53 Å². The zero-order valence-electron chi connectivity index (χ0n) is 13.1. The summed E-state index contributed by atoms with van der Waals surface area (Å²) in [5.41, 5.74) is 2.34. The van der Waals surface area contributed by atoms with Gasteiger partial charge in [0, 0.05) is 18.8 Å². The Morgan fingerprint density at radius 1 is 1.26 bits per heavy atom. The summed E-state index contributed by atoms with van der Waals surface area (Å²) in [6.45, 7) is 2.88. The number of methoxy groups -OCH3 is 1. The lowest BCUT2D eigenvalue weighted by Gasteiger charge is -2.09. The van der Waals surface area contributed by atoms with E-state index in [1.165, 1.54) is 13.3 Å². The first-order valence-electron chi connectivity index (χ1n) is 7.49. The third kappa shape index (κ3) is 3.01. The second-order valence-corrected chi connectivity index (χ2v) is 5.12. The summed E-state index contributed by atoms with van der Waals surface area (Å²) in [6.07, 6.45) is 2.44. The Morgan fingerprint density at radius 3 is 2.78 bits per heavy atom. The summed E-state index contributed by atoms with van der Waals surface area (Å²) >= 11 is 0. The second kappa shape index (κ2) is 6.48. The Hall–Kier alpha value is -2.89. The molecule has 6 heteroatoms. The fourth-order valence-electron chi connectivity index (χ4n) is 2.43. The fraction of sp³-hybridized carbons (Fsp3) is 0.235. The Labute approximate surface area is 134 Å². The molecular formula is C17H18N4O2. The van der Waals surface area contributed by atoms with Crippen molar-refractivity contribution in [2.24, 2.45) is 0 Å². The minimum absolute atomic E-state index is 0.243. The molecule has 0 saturated heterocycles. The van der Waals surface area contributed by atoms with E-state index in [-0.39, 0.29) is 5.91 Å². The van der Waals surface area contributed by atoms with Crippen molar-refractivity contribution in [2.75, 3.05) is 12.4 Å². The molecule has 0 spiro atoms. The van der Waals surface area contributed by atoms with Crippen LogP contribution < -0.4 is 10.1 Å². The molecule has 0 aliphatic rings. The summed E-state index contributed by atoms with van der Waals surface area (Å²) in [5.74, 6) is 0.779. The van der Waals surface area contributed by atoms with Crippen LogP contribution in [0, 0.1) is 0 Å². The number of hydrogen-bond donors (Lipinski definition) is 1. The lowest BCUT2D eigenvalue weighted by Crippen LogP contribution is -2.16. The first-order chi connectivity index (χ1) is 11.2. The van der Waals surface area contributed by atoms with Gasteiger partial charge >= 0.3 is 0 Å². The van der Waals surface area contributed by atoms with Crippen LogP contribution in [-0.2, 0) is 6.54 Å². The highest BCUT2D eigenvalue weighted by Gasteiger charge is 2.14. The Bertz CT molecular complexity index is 824. The predicted octanol–water partition coefficient (Wildman–Crippen LogP) is 3.10. The van der Waals surface area contributed by atoms with E-state index >= 15 is 0 Å². The molecule has 3 rings (SSSR count). The number of ether oxygens (including phenoxy) is 1. The molecule has 0 saturated carbocycles. The number of rotatable bonds is 5. The molecule has 2 aromatic heterocycles. The van der Waals surface area contributed by atoms with Gasteiger partial charge in [-0.1, -0.05) is 19.1 Å². The van der Waals surface area contributed by atoms with Crippen molar-refractivity contribution in [3.63, 3.8) is 0 Å². The molecule has 1 amide bonds. The topological polar surface area (TPSA) is 69.0 Å². The molecule has 1 aromatic carbocycles. The quantitative estimate of drug-likeness (QED) is 0.786. The van der Waals surface area contributed by atoms with Gasteiger partial charge in [-0.05, 0) is 24.6 Å². The van der Waals surface area contributed by atoms with Gasteiger partial charge in [-0.2, -0.15) is 0 Å². The van der Waals surface area contributed by atoms with Crippen LogP contribution in [0.2, 0.25) is 0 Å². The van der Waals surface area contributed by atoms with Crippen LogP contribution in [0.5, 0.6) is 5.88 Å². The number of fused-ring (bicyclic) bond motifs is 1. The van der Waals surface area contributed by atoms with Gasteiger partial charge in [0.05, 0.1) is 23.7 Å². The summed E-state index contributed by atoms with van der Waals surface area (Å²) in [7, 11) is 1.54. The average Bonchev–Trinajstić information content (AvgIpc) is 2.93. The highest BCUT2D eigenvalue weighted by atomic mass is 16.5. The number of hydrogen-bond acceptors (Lipinski definition) is 4. The Balaban J connectivity index is 1.90. The molecule has 0 bridgehead atoms. The molecule has 2 heterocycles. The van der Waals surface area contributed by atoms with Crippen molar-refractivity contribution in [3.05, 3.63) is 48.2 Å². The molecule has 6 nitrogen and oxygen atoms in total. The van der Waals surface area contributed by atoms with Gasteiger partial charge in [0.25, 0.3) is 5.91 Å². The first kappa shape index (κ1) is 15.0. The maximum atomic E-state index is 12.4. The van der Waals surface area contributed by atoms with Crippen LogP contribution >= 0.6 is 0 Å². The minimum Gasteiger partial charge on any atom is -0.481 e. The molecule has 0 aliphatic carbocycles. The second-order valence-electron chi connectivity index (χ2n) is 5.12. The zero-order chi connectivity index (χ0) is 16.2. The number of aryl methyl sites for hydroxylation is 1. The summed E-state index contributed by atoms with van der Waals surface area (Å²) < 4.78 is 7.02. The van der Waals surface area contributed by atoms with Gasteiger partial charge in [0.1, 0.15) is 0 Å². The van der Waals surface area contributed by atoms with Crippen molar-refractivity contribution in [1.29, 1.82) is 0 Å². The molecule has 118 valence electrons. The number of imidazole rings is 1. The highest BCUT2D eigenvalue weighted by molar-refractivity contribution is 6.03. The van der Waals surface area contributed by atoms with Gasteiger partial charge in [0.15, 0.2) is 0 Å². The largest absolute Gasteiger partial charge is 0.481 e. The normalized spacial score (nSPS) is 10.7. The number of anilines is 1. The molecule has 23 heavy (non-hydrogen) atoms. The van der Waals surface area contributed by atoms with E-state index in [0.29, 0.717) is 17.4 Å². The van der Waals surface area contributed by atoms with Crippen molar-refractivity contribution in [3.8, 4) is 5.88 Å². The van der Waals surface area contributed by atoms with E-state index in [9.17, 15) is 4.79 Å². The number of nitrogens with zero attached hydrogens (tertiary/aromatic N) is 3. The van der Waals surface area contributed by atoms with E-state index in [0.717, 1.165) is 24.0 Å². The predicted molar refractivity (Wildman–Crippen MR) is 88.8 cm³/mol. The fourth-order valence-corrected chi connectivity index (χ4v) is 2.43. The Kier molecular flexibility index (Phi) is 4.23. The lowest BCUT2D eigenvalue weighted by atomic mass is 10.3. The number of pyridine rings is 1. The number of nitrogens with one attached hydrogen (secondary N) is 1. The van der Waals surface area contributed by atoms with Gasteiger partial charge < -0.3 is 9.30 Å². The number of aromatic nitrogens is 3. The van der Waals surface area contributed by atoms with Gasteiger partial charge in [-0.25, -0.2) is 9.97 Å². The van der Waals surface area contributed by atoms with E-state index in [4.69, 9.17) is 4.74 Å². The van der Waals surface area contributed by atoms with Crippen LogP contribution in [0.3, 0.4) is 0 Å². The summed E-state index contributed by atoms with van der Waals surface area (Å²) in [4.78, 5) is 21.0. The molecular weight excluding hydrogens is 292 g/mol. The molecule has 1 N–H and O–H groups in total. The zero-order valence-corrected chi connectivity index (χ0v) is 13.1. The van der Waals surface area contributed by atoms with Crippen LogP contribution in [0.25, 0.3) is 11.0 Å². The number of carbonyl (C=O) groups excluding carboxylic acids is 1. The van der Waals surface area contributed by atoms with E-state index in [1.807, 2.05) is 28.8 Å². The molecule has 3 aromatic rings. The molecule has 0 unspecified atom stereocenters. The van der Waals surface area contributed by atoms with E-state index < -0.39 is 0 Å². The molecule has 0 fully saturated rings.